The van der Waals surface area contributed by atoms with Gasteiger partial charge in [0.15, 0.2) is 0 Å². The maximum Gasteiger partial charge on any atom is 0.133 e. The Bertz CT molecular complexity index is 317. The lowest BCUT2D eigenvalue weighted by molar-refractivity contribution is 0.134. The molecule has 1 fully saturated rings. The zero-order valence-corrected chi connectivity index (χ0v) is 11.3. The summed E-state index contributed by atoms with van der Waals surface area (Å²) < 4.78 is 5.22. The first-order chi connectivity index (χ1) is 8.81. The van der Waals surface area contributed by atoms with Crippen molar-refractivity contribution in [2.45, 2.75) is 57.6 Å². The maximum atomic E-state index is 10.00. The number of nitrogens with one attached hydrogen (secondary N) is 1. The van der Waals surface area contributed by atoms with Crippen molar-refractivity contribution in [2.24, 2.45) is 5.92 Å². The van der Waals surface area contributed by atoms with Crippen LogP contribution in [0.4, 0.5) is 0 Å². The summed E-state index contributed by atoms with van der Waals surface area (Å²) >= 11 is 0. The lowest BCUT2D eigenvalue weighted by atomic mass is 9.83. The van der Waals surface area contributed by atoms with E-state index in [1.807, 2.05) is 12.1 Å². The molecule has 0 saturated heterocycles. The zero-order valence-electron chi connectivity index (χ0n) is 11.3. The molecule has 2 rings (SSSR count). The van der Waals surface area contributed by atoms with Gasteiger partial charge in [-0.25, -0.2) is 0 Å². The third kappa shape index (κ3) is 3.59. The van der Waals surface area contributed by atoms with E-state index >= 15 is 0 Å². The molecule has 1 saturated carbocycles. The lowest BCUT2D eigenvalue weighted by Crippen LogP contribution is -2.39. The standard InChI is InChI=1S/C15H25NO2/c1-2-13(12-7-4-3-5-8-12)16-11-14(17)15-9-6-10-18-15/h6,9-10,12-14,16-17H,2-5,7-8,11H2,1H3. The van der Waals surface area contributed by atoms with E-state index in [-0.39, 0.29) is 0 Å². The number of hydrogen-bond donors (Lipinski definition) is 2. The SMILES string of the molecule is CCC(NCC(O)c1ccco1)C1CCCCC1. The Hall–Kier alpha value is -0.800. The monoisotopic (exact) mass is 251 g/mol. The molecule has 0 aliphatic heterocycles. The van der Waals surface area contributed by atoms with E-state index in [4.69, 9.17) is 4.42 Å². The number of furan rings is 1. The first-order valence-corrected chi connectivity index (χ1v) is 7.26. The van der Waals surface area contributed by atoms with Crippen molar-refractivity contribution in [2.75, 3.05) is 6.54 Å². The predicted octanol–water partition coefficient (Wildman–Crippen LogP) is 3.26. The van der Waals surface area contributed by atoms with Crippen LogP contribution in [0.2, 0.25) is 0 Å². The minimum absolute atomic E-state index is 0.530. The third-order valence-electron chi connectivity index (χ3n) is 4.10. The van der Waals surface area contributed by atoms with Gasteiger partial charge in [0.2, 0.25) is 0 Å². The molecule has 0 aromatic carbocycles. The fraction of sp³-hybridized carbons (Fsp3) is 0.733. The lowest BCUT2D eigenvalue weighted by Gasteiger charge is -2.30. The van der Waals surface area contributed by atoms with Crippen LogP contribution in [-0.4, -0.2) is 17.7 Å². The van der Waals surface area contributed by atoms with Crippen molar-refractivity contribution in [3.63, 3.8) is 0 Å². The highest BCUT2D eigenvalue weighted by Gasteiger charge is 2.23. The van der Waals surface area contributed by atoms with Crippen LogP contribution in [0.3, 0.4) is 0 Å². The van der Waals surface area contributed by atoms with Crippen LogP contribution in [0.5, 0.6) is 0 Å². The first kappa shape index (κ1) is 13.6. The van der Waals surface area contributed by atoms with Crippen molar-refractivity contribution in [3.05, 3.63) is 24.2 Å². The van der Waals surface area contributed by atoms with Crippen LogP contribution in [0.15, 0.2) is 22.8 Å². The van der Waals surface area contributed by atoms with E-state index < -0.39 is 6.10 Å². The Labute approximate surface area is 110 Å². The largest absolute Gasteiger partial charge is 0.467 e. The zero-order chi connectivity index (χ0) is 12.8. The molecule has 1 aliphatic rings. The minimum atomic E-state index is -0.530. The fourth-order valence-corrected chi connectivity index (χ4v) is 3.03. The molecule has 3 heteroatoms. The number of rotatable bonds is 6. The molecule has 2 atom stereocenters. The summed E-state index contributed by atoms with van der Waals surface area (Å²) in [6.45, 7) is 2.81. The summed E-state index contributed by atoms with van der Waals surface area (Å²) in [4.78, 5) is 0. The molecule has 1 aliphatic carbocycles. The second-order valence-corrected chi connectivity index (χ2v) is 5.35. The molecule has 1 heterocycles. The van der Waals surface area contributed by atoms with Gasteiger partial charge in [-0.15, -0.1) is 0 Å². The average Bonchev–Trinajstić information content (AvgIpc) is 2.94. The summed E-state index contributed by atoms with van der Waals surface area (Å²) in [6.07, 6.45) is 9.00. The van der Waals surface area contributed by atoms with Gasteiger partial charge < -0.3 is 14.8 Å². The smallest absolute Gasteiger partial charge is 0.133 e. The van der Waals surface area contributed by atoms with Gasteiger partial charge >= 0.3 is 0 Å². The highest BCUT2D eigenvalue weighted by molar-refractivity contribution is 5.02. The summed E-state index contributed by atoms with van der Waals surface area (Å²) in [5.41, 5.74) is 0. The highest BCUT2D eigenvalue weighted by atomic mass is 16.4. The van der Waals surface area contributed by atoms with E-state index in [0.29, 0.717) is 18.3 Å². The number of hydrogen-bond acceptors (Lipinski definition) is 3. The molecule has 102 valence electrons. The van der Waals surface area contributed by atoms with Crippen molar-refractivity contribution in [1.82, 2.24) is 5.32 Å². The van der Waals surface area contributed by atoms with Crippen LogP contribution in [0, 0.1) is 5.92 Å². The number of aliphatic hydroxyl groups is 1. The second-order valence-electron chi connectivity index (χ2n) is 5.35. The van der Waals surface area contributed by atoms with Gasteiger partial charge in [0.25, 0.3) is 0 Å². The van der Waals surface area contributed by atoms with E-state index in [2.05, 4.69) is 12.2 Å². The van der Waals surface area contributed by atoms with Gasteiger partial charge in [-0.2, -0.15) is 0 Å². The quantitative estimate of drug-likeness (QED) is 0.815. The van der Waals surface area contributed by atoms with Crippen molar-refractivity contribution >= 4 is 0 Å². The molecule has 0 bridgehead atoms. The molecule has 2 unspecified atom stereocenters. The normalized spacial score (nSPS) is 20.8. The van der Waals surface area contributed by atoms with Crippen molar-refractivity contribution in [1.29, 1.82) is 0 Å². The van der Waals surface area contributed by atoms with Crippen LogP contribution in [0.1, 0.15) is 57.3 Å². The molecule has 3 nitrogen and oxygen atoms in total. The first-order valence-electron chi connectivity index (χ1n) is 7.26. The molecule has 1 aromatic rings. The van der Waals surface area contributed by atoms with Crippen LogP contribution in [-0.2, 0) is 0 Å². The topological polar surface area (TPSA) is 45.4 Å². The van der Waals surface area contributed by atoms with E-state index in [1.165, 1.54) is 32.1 Å². The van der Waals surface area contributed by atoms with Crippen molar-refractivity contribution < 1.29 is 9.52 Å². The summed E-state index contributed by atoms with van der Waals surface area (Å²) in [6, 6.07) is 4.18. The molecular formula is C15H25NO2. The Balaban J connectivity index is 1.79. The molecule has 0 radical (unpaired) electrons. The summed E-state index contributed by atoms with van der Waals surface area (Å²) in [7, 11) is 0. The fourth-order valence-electron chi connectivity index (χ4n) is 3.03. The van der Waals surface area contributed by atoms with Gasteiger partial charge in [0.05, 0.1) is 6.26 Å². The Kier molecular flexibility index (Phi) is 5.26. The van der Waals surface area contributed by atoms with Gasteiger partial charge in [0, 0.05) is 12.6 Å². The minimum Gasteiger partial charge on any atom is -0.467 e. The van der Waals surface area contributed by atoms with E-state index in [0.717, 1.165) is 12.3 Å². The Morgan fingerprint density at radius 3 is 2.78 bits per heavy atom. The van der Waals surface area contributed by atoms with E-state index in [9.17, 15) is 5.11 Å². The number of aliphatic hydroxyl groups excluding tert-OH is 1. The molecule has 1 aromatic heterocycles. The average molecular weight is 251 g/mol. The van der Waals surface area contributed by atoms with Crippen molar-refractivity contribution in [3.8, 4) is 0 Å². The molecule has 0 spiro atoms. The molecule has 0 amide bonds. The van der Waals surface area contributed by atoms with Crippen LogP contribution < -0.4 is 5.32 Å². The Morgan fingerprint density at radius 1 is 1.39 bits per heavy atom. The van der Waals surface area contributed by atoms with Crippen LogP contribution in [0.25, 0.3) is 0 Å². The molecular weight excluding hydrogens is 226 g/mol. The van der Waals surface area contributed by atoms with Gasteiger partial charge in [-0.1, -0.05) is 26.2 Å². The second kappa shape index (κ2) is 6.95. The van der Waals surface area contributed by atoms with Gasteiger partial charge in [-0.3, -0.25) is 0 Å². The van der Waals surface area contributed by atoms with E-state index in [1.54, 1.807) is 6.26 Å². The van der Waals surface area contributed by atoms with Gasteiger partial charge in [0.1, 0.15) is 11.9 Å². The maximum absolute atomic E-state index is 10.00. The molecule has 18 heavy (non-hydrogen) atoms. The predicted molar refractivity (Wildman–Crippen MR) is 72.3 cm³/mol. The molecule has 2 N–H and O–H groups in total. The van der Waals surface area contributed by atoms with Crippen LogP contribution >= 0.6 is 0 Å². The highest BCUT2D eigenvalue weighted by Crippen LogP contribution is 2.28. The Morgan fingerprint density at radius 2 is 2.17 bits per heavy atom. The third-order valence-corrected chi connectivity index (χ3v) is 4.10. The summed E-state index contributed by atoms with van der Waals surface area (Å²) in [5, 5.41) is 13.5. The van der Waals surface area contributed by atoms with Gasteiger partial charge in [-0.05, 0) is 37.3 Å². The summed E-state index contributed by atoms with van der Waals surface area (Å²) in [5.74, 6) is 1.44.